The summed E-state index contributed by atoms with van der Waals surface area (Å²) in [6.45, 7) is 12.8. The van der Waals surface area contributed by atoms with Gasteiger partial charge in [0.2, 0.25) is 0 Å². The Kier molecular flexibility index (Phi) is 5.26. The van der Waals surface area contributed by atoms with Crippen molar-refractivity contribution in [1.82, 2.24) is 9.97 Å². The van der Waals surface area contributed by atoms with Crippen LogP contribution in [0.3, 0.4) is 0 Å². The van der Waals surface area contributed by atoms with Gasteiger partial charge in [-0.1, -0.05) is 52.1 Å². The summed E-state index contributed by atoms with van der Waals surface area (Å²) in [7, 11) is 0. The first kappa shape index (κ1) is 20.0. The van der Waals surface area contributed by atoms with E-state index in [-0.39, 0.29) is 0 Å². The molecule has 2 heteroatoms. The second-order valence-electron chi connectivity index (χ2n) is 8.52. The molecule has 0 N–H and O–H groups in total. The molecule has 4 rings (SSSR count). The molecular weight excluding hydrogens is 364 g/mol. The molecule has 0 radical (unpaired) electrons. The third-order valence-electron chi connectivity index (χ3n) is 5.43. The Morgan fingerprint density at radius 3 is 1.63 bits per heavy atom. The minimum Gasteiger partial charge on any atom is -0.252 e. The van der Waals surface area contributed by atoms with Crippen molar-refractivity contribution in [3.63, 3.8) is 0 Å². The van der Waals surface area contributed by atoms with Crippen LogP contribution < -0.4 is 0 Å². The van der Waals surface area contributed by atoms with Crippen LogP contribution in [0.5, 0.6) is 0 Å². The van der Waals surface area contributed by atoms with Gasteiger partial charge in [0.25, 0.3) is 0 Å². The molecule has 0 bridgehead atoms. The van der Waals surface area contributed by atoms with E-state index >= 15 is 0 Å². The molecule has 0 aliphatic carbocycles. The van der Waals surface area contributed by atoms with Gasteiger partial charge in [0, 0.05) is 16.7 Å². The number of hydrogen-bond acceptors (Lipinski definition) is 2. The third kappa shape index (κ3) is 4.04. The Morgan fingerprint density at radius 1 is 0.533 bits per heavy atom. The normalized spacial score (nSPS) is 11.0. The zero-order valence-electron chi connectivity index (χ0n) is 18.7. The van der Waals surface area contributed by atoms with Crippen LogP contribution in [-0.2, 0) is 0 Å². The fourth-order valence-electron chi connectivity index (χ4n) is 4.17. The van der Waals surface area contributed by atoms with Crippen molar-refractivity contribution in [2.75, 3.05) is 0 Å². The van der Waals surface area contributed by atoms with Gasteiger partial charge in [0.05, 0.1) is 23.3 Å². The summed E-state index contributed by atoms with van der Waals surface area (Å²) in [4.78, 5) is 10.1. The number of nitrogens with zero attached hydrogens (tertiary/aromatic N) is 2. The van der Waals surface area contributed by atoms with Crippen molar-refractivity contribution in [3.05, 3.63) is 94.2 Å². The van der Waals surface area contributed by atoms with Crippen LogP contribution >= 0.6 is 0 Å². The number of aromatic nitrogens is 2. The Balaban J connectivity index is 2.00. The van der Waals surface area contributed by atoms with Crippen LogP contribution in [0.1, 0.15) is 33.4 Å². The molecule has 3 aromatic carbocycles. The molecule has 0 saturated carbocycles. The average Bonchev–Trinajstić information content (AvgIpc) is 2.68. The fourth-order valence-corrected chi connectivity index (χ4v) is 4.17. The second kappa shape index (κ2) is 7.87. The standard InChI is InChI=1S/C28H28N2/c1-17-7-8-22(6)25(15-17)26-16-29-27(23-11-18(2)9-19(3)12-23)28(30-26)24-13-20(4)10-21(5)14-24/h7-16H,1-6H3. The highest BCUT2D eigenvalue weighted by Gasteiger charge is 2.15. The van der Waals surface area contributed by atoms with E-state index in [1.807, 2.05) is 6.20 Å². The summed E-state index contributed by atoms with van der Waals surface area (Å²) in [6, 6.07) is 19.7. The molecule has 30 heavy (non-hydrogen) atoms. The predicted octanol–water partition coefficient (Wildman–Crippen LogP) is 7.33. The topological polar surface area (TPSA) is 25.8 Å². The first-order valence-corrected chi connectivity index (χ1v) is 10.4. The van der Waals surface area contributed by atoms with Gasteiger partial charge in [-0.15, -0.1) is 0 Å². The van der Waals surface area contributed by atoms with E-state index in [2.05, 4.69) is 96.1 Å². The van der Waals surface area contributed by atoms with E-state index in [4.69, 9.17) is 9.97 Å². The number of hydrogen-bond donors (Lipinski definition) is 0. The summed E-state index contributed by atoms with van der Waals surface area (Å²) < 4.78 is 0. The van der Waals surface area contributed by atoms with Gasteiger partial charge in [-0.2, -0.15) is 0 Å². The van der Waals surface area contributed by atoms with E-state index in [1.54, 1.807) is 0 Å². The molecule has 1 aromatic heterocycles. The minimum absolute atomic E-state index is 0.915. The molecule has 0 spiro atoms. The van der Waals surface area contributed by atoms with Gasteiger partial charge < -0.3 is 0 Å². The molecule has 0 fully saturated rings. The van der Waals surface area contributed by atoms with Crippen molar-refractivity contribution < 1.29 is 0 Å². The van der Waals surface area contributed by atoms with E-state index in [0.717, 1.165) is 33.8 Å². The zero-order chi connectivity index (χ0) is 21.4. The lowest BCUT2D eigenvalue weighted by Gasteiger charge is -2.14. The molecule has 1 heterocycles. The van der Waals surface area contributed by atoms with Crippen molar-refractivity contribution >= 4 is 0 Å². The quantitative estimate of drug-likeness (QED) is 0.365. The highest BCUT2D eigenvalue weighted by molar-refractivity contribution is 5.81. The van der Waals surface area contributed by atoms with Crippen molar-refractivity contribution in [3.8, 4) is 33.8 Å². The average molecular weight is 393 g/mol. The summed E-state index contributed by atoms with van der Waals surface area (Å²) in [6.07, 6.45) is 1.92. The summed E-state index contributed by atoms with van der Waals surface area (Å²) in [5.41, 5.74) is 13.5. The molecule has 0 aliphatic rings. The largest absolute Gasteiger partial charge is 0.252 e. The van der Waals surface area contributed by atoms with Gasteiger partial charge in [-0.05, 0) is 77.4 Å². The summed E-state index contributed by atoms with van der Waals surface area (Å²) in [5.74, 6) is 0. The fraction of sp³-hybridized carbons (Fsp3) is 0.214. The van der Waals surface area contributed by atoms with Crippen molar-refractivity contribution in [2.45, 2.75) is 41.5 Å². The third-order valence-corrected chi connectivity index (χ3v) is 5.43. The maximum Gasteiger partial charge on any atom is 0.0972 e. The predicted molar refractivity (Wildman–Crippen MR) is 127 cm³/mol. The van der Waals surface area contributed by atoms with Crippen molar-refractivity contribution in [2.24, 2.45) is 0 Å². The molecule has 0 atom stereocenters. The van der Waals surface area contributed by atoms with Gasteiger partial charge in [0.1, 0.15) is 0 Å². The molecule has 0 unspecified atom stereocenters. The molecule has 0 saturated heterocycles. The number of aryl methyl sites for hydroxylation is 6. The first-order chi connectivity index (χ1) is 14.3. The number of benzene rings is 3. The summed E-state index contributed by atoms with van der Waals surface area (Å²) >= 11 is 0. The van der Waals surface area contributed by atoms with Crippen LogP contribution in [-0.4, -0.2) is 9.97 Å². The van der Waals surface area contributed by atoms with Gasteiger partial charge in [-0.3, -0.25) is 4.98 Å². The maximum atomic E-state index is 5.17. The number of rotatable bonds is 3. The van der Waals surface area contributed by atoms with E-state index < -0.39 is 0 Å². The lowest BCUT2D eigenvalue weighted by atomic mass is 9.97. The van der Waals surface area contributed by atoms with Gasteiger partial charge in [-0.25, -0.2) is 4.98 Å². The molecule has 4 aromatic rings. The monoisotopic (exact) mass is 392 g/mol. The maximum absolute atomic E-state index is 5.17. The molecule has 0 amide bonds. The second-order valence-corrected chi connectivity index (χ2v) is 8.52. The minimum atomic E-state index is 0.915. The Bertz CT molecular complexity index is 1210. The van der Waals surface area contributed by atoms with Crippen LogP contribution in [0.2, 0.25) is 0 Å². The van der Waals surface area contributed by atoms with E-state index in [0.29, 0.717) is 0 Å². The molecule has 0 aliphatic heterocycles. The smallest absolute Gasteiger partial charge is 0.0972 e. The van der Waals surface area contributed by atoms with Gasteiger partial charge in [0.15, 0.2) is 0 Å². The van der Waals surface area contributed by atoms with Crippen LogP contribution in [0.25, 0.3) is 33.8 Å². The Hall–Kier alpha value is -3.26. The first-order valence-electron chi connectivity index (χ1n) is 10.4. The lowest BCUT2D eigenvalue weighted by Crippen LogP contribution is -1.98. The Morgan fingerprint density at radius 2 is 1.07 bits per heavy atom. The lowest BCUT2D eigenvalue weighted by molar-refractivity contribution is 1.19. The summed E-state index contributed by atoms with van der Waals surface area (Å²) in [5, 5.41) is 0. The van der Waals surface area contributed by atoms with E-state index in [9.17, 15) is 0 Å². The Labute approximate surface area is 179 Å². The molecule has 2 nitrogen and oxygen atoms in total. The highest BCUT2D eigenvalue weighted by atomic mass is 14.8. The highest BCUT2D eigenvalue weighted by Crippen LogP contribution is 2.34. The molecule has 150 valence electrons. The zero-order valence-corrected chi connectivity index (χ0v) is 18.7. The van der Waals surface area contributed by atoms with Crippen LogP contribution in [0, 0.1) is 41.5 Å². The van der Waals surface area contributed by atoms with Gasteiger partial charge >= 0.3 is 0 Å². The molecular formula is C28H28N2. The van der Waals surface area contributed by atoms with Crippen LogP contribution in [0.15, 0.2) is 60.8 Å². The van der Waals surface area contributed by atoms with Crippen molar-refractivity contribution in [1.29, 1.82) is 0 Å². The van der Waals surface area contributed by atoms with Crippen LogP contribution in [0.4, 0.5) is 0 Å². The SMILES string of the molecule is Cc1cc(C)cc(-c2ncc(-c3cc(C)ccc3C)nc2-c2cc(C)cc(C)c2)c1. The van der Waals surface area contributed by atoms with E-state index in [1.165, 1.54) is 33.4 Å².